The molecule has 1 aromatic rings. The van der Waals surface area contributed by atoms with Crippen LogP contribution >= 0.6 is 0 Å². The molecule has 7 heteroatoms. The van der Waals surface area contributed by atoms with Crippen LogP contribution in [0.2, 0.25) is 0 Å². The lowest BCUT2D eigenvalue weighted by Gasteiger charge is -2.19. The highest BCUT2D eigenvalue weighted by atomic mass is 32.2. The number of carbonyl (C=O) groups is 1. The Morgan fingerprint density at radius 2 is 2.04 bits per heavy atom. The van der Waals surface area contributed by atoms with Crippen molar-refractivity contribution in [2.24, 2.45) is 0 Å². The van der Waals surface area contributed by atoms with Crippen molar-refractivity contribution in [3.8, 4) is 0 Å². The fraction of sp³-hybridized carbons (Fsp3) is 0.625. The van der Waals surface area contributed by atoms with E-state index in [4.69, 9.17) is 13.5 Å². The summed E-state index contributed by atoms with van der Waals surface area (Å²) in [6.07, 6.45) is 2.11. The maximum atomic E-state index is 11.6. The third-order valence-electron chi connectivity index (χ3n) is 2.96. The Morgan fingerprint density at radius 3 is 2.65 bits per heavy atom. The number of aromatic nitrogens is 1. The highest BCUT2D eigenvalue weighted by molar-refractivity contribution is 7.74. The Balaban J connectivity index is 2.41. The third-order valence-corrected chi connectivity index (χ3v) is 3.41. The molecule has 1 aromatic heterocycles. The molecular weight excluding hydrogens is 318 g/mol. The molecule has 0 aromatic carbocycles. The molecule has 0 bridgehead atoms. The summed E-state index contributed by atoms with van der Waals surface area (Å²) in [6.45, 7) is 7.22. The summed E-state index contributed by atoms with van der Waals surface area (Å²) < 4.78 is 29.4. The summed E-state index contributed by atoms with van der Waals surface area (Å²) in [5.41, 5.74) is 1.03. The molecule has 2 atom stereocenters. The van der Waals surface area contributed by atoms with E-state index in [-0.39, 0.29) is 5.97 Å². The predicted octanol–water partition coefficient (Wildman–Crippen LogP) is 3.35. The van der Waals surface area contributed by atoms with Gasteiger partial charge in [0.2, 0.25) is 0 Å². The Labute approximate surface area is 140 Å². The van der Waals surface area contributed by atoms with Crippen molar-refractivity contribution in [3.05, 3.63) is 29.6 Å². The SMILES string of the molecule is CC(OS(=O)O)c1cccc(CCCCC(=O)OC(C)(C)C)n1. The van der Waals surface area contributed by atoms with Crippen LogP contribution in [0, 0.1) is 0 Å². The molecule has 1 N–H and O–H groups in total. The summed E-state index contributed by atoms with van der Waals surface area (Å²) in [5, 5.41) is 0. The summed E-state index contributed by atoms with van der Waals surface area (Å²) in [4.78, 5) is 16.0. The smallest absolute Gasteiger partial charge is 0.306 e. The van der Waals surface area contributed by atoms with E-state index >= 15 is 0 Å². The van der Waals surface area contributed by atoms with Crippen molar-refractivity contribution in [1.29, 1.82) is 0 Å². The monoisotopic (exact) mass is 343 g/mol. The number of rotatable bonds is 8. The van der Waals surface area contributed by atoms with Crippen LogP contribution < -0.4 is 0 Å². The highest BCUT2D eigenvalue weighted by Crippen LogP contribution is 2.16. The molecule has 0 saturated heterocycles. The number of hydrogen-bond donors (Lipinski definition) is 1. The molecule has 6 nitrogen and oxygen atoms in total. The Kier molecular flexibility index (Phi) is 7.81. The first kappa shape index (κ1) is 19.7. The van der Waals surface area contributed by atoms with E-state index in [0.29, 0.717) is 12.1 Å². The molecule has 1 heterocycles. The van der Waals surface area contributed by atoms with Gasteiger partial charge >= 0.3 is 17.3 Å². The van der Waals surface area contributed by atoms with E-state index in [1.165, 1.54) is 0 Å². The molecule has 130 valence electrons. The molecule has 1 rings (SSSR count). The second kappa shape index (κ2) is 9.10. The van der Waals surface area contributed by atoms with E-state index < -0.39 is 23.1 Å². The molecular formula is C16H25NO5S. The fourth-order valence-corrected chi connectivity index (χ4v) is 2.35. The molecule has 23 heavy (non-hydrogen) atoms. The van der Waals surface area contributed by atoms with Gasteiger partial charge in [0, 0.05) is 12.1 Å². The highest BCUT2D eigenvalue weighted by Gasteiger charge is 2.15. The lowest BCUT2D eigenvalue weighted by atomic mass is 10.1. The minimum atomic E-state index is -2.31. The number of carbonyl (C=O) groups excluding carboxylic acids is 1. The molecule has 2 unspecified atom stereocenters. The number of esters is 1. The second-order valence-corrected chi connectivity index (χ2v) is 6.93. The van der Waals surface area contributed by atoms with Crippen LogP contribution in [0.5, 0.6) is 0 Å². The molecule has 0 saturated carbocycles. The van der Waals surface area contributed by atoms with E-state index in [0.717, 1.165) is 25.0 Å². The first-order valence-corrected chi connectivity index (χ1v) is 8.66. The van der Waals surface area contributed by atoms with Crippen LogP contribution in [0.25, 0.3) is 0 Å². The van der Waals surface area contributed by atoms with E-state index in [1.807, 2.05) is 32.9 Å². The normalized spacial score (nSPS) is 14.3. The summed E-state index contributed by atoms with van der Waals surface area (Å²) in [7, 11) is 0. The van der Waals surface area contributed by atoms with Crippen molar-refractivity contribution < 1.29 is 22.5 Å². The zero-order valence-electron chi connectivity index (χ0n) is 14.1. The lowest BCUT2D eigenvalue weighted by Crippen LogP contribution is -2.23. The van der Waals surface area contributed by atoms with E-state index in [9.17, 15) is 9.00 Å². The van der Waals surface area contributed by atoms with Crippen LogP contribution in [0.1, 0.15) is 64.4 Å². The van der Waals surface area contributed by atoms with Crippen molar-refractivity contribution in [2.45, 2.75) is 65.1 Å². The Bertz CT molecular complexity index is 542. The predicted molar refractivity (Wildman–Crippen MR) is 87.9 cm³/mol. The van der Waals surface area contributed by atoms with Crippen molar-refractivity contribution in [1.82, 2.24) is 4.98 Å². The second-order valence-electron chi connectivity index (χ2n) is 6.30. The fourth-order valence-electron chi connectivity index (χ4n) is 2.00. The first-order valence-electron chi connectivity index (χ1n) is 7.63. The van der Waals surface area contributed by atoms with Gasteiger partial charge in [-0.15, -0.1) is 0 Å². The van der Waals surface area contributed by atoms with Crippen molar-refractivity contribution in [2.75, 3.05) is 0 Å². The minimum absolute atomic E-state index is 0.188. The van der Waals surface area contributed by atoms with Crippen LogP contribution in [0.15, 0.2) is 18.2 Å². The summed E-state index contributed by atoms with van der Waals surface area (Å²) >= 11 is -2.31. The topological polar surface area (TPSA) is 85.7 Å². The standard InChI is InChI=1S/C16H25NO5S/c1-12(22-23(19)20)14-10-7-9-13(17-14)8-5-6-11-15(18)21-16(2,3)4/h7,9-10,12H,5-6,8,11H2,1-4H3,(H,19,20). The molecule has 0 aliphatic carbocycles. The average Bonchev–Trinajstić information content (AvgIpc) is 2.41. The number of aryl methyl sites for hydroxylation is 1. The zero-order chi connectivity index (χ0) is 17.5. The van der Waals surface area contributed by atoms with Crippen molar-refractivity contribution >= 4 is 17.3 Å². The summed E-state index contributed by atoms with van der Waals surface area (Å²) in [5.74, 6) is -0.188. The van der Waals surface area contributed by atoms with Gasteiger partial charge in [-0.2, -0.15) is 4.21 Å². The number of unbranched alkanes of at least 4 members (excludes halogenated alkanes) is 1. The zero-order valence-corrected chi connectivity index (χ0v) is 14.9. The summed E-state index contributed by atoms with van der Waals surface area (Å²) in [6, 6.07) is 5.48. The Morgan fingerprint density at radius 1 is 1.35 bits per heavy atom. The maximum Gasteiger partial charge on any atom is 0.306 e. The van der Waals surface area contributed by atoms with Gasteiger partial charge in [-0.05, 0) is 59.1 Å². The number of pyridine rings is 1. The van der Waals surface area contributed by atoms with Crippen LogP contribution in [-0.4, -0.2) is 25.3 Å². The average molecular weight is 343 g/mol. The largest absolute Gasteiger partial charge is 0.460 e. The molecule has 0 fully saturated rings. The van der Waals surface area contributed by atoms with Gasteiger partial charge in [0.1, 0.15) is 11.7 Å². The van der Waals surface area contributed by atoms with Crippen LogP contribution in [0.4, 0.5) is 0 Å². The van der Waals surface area contributed by atoms with Gasteiger partial charge in [0.15, 0.2) is 0 Å². The van der Waals surface area contributed by atoms with Gasteiger partial charge in [-0.3, -0.25) is 18.5 Å². The van der Waals surface area contributed by atoms with Gasteiger partial charge in [-0.1, -0.05) is 6.07 Å². The van der Waals surface area contributed by atoms with Crippen LogP contribution in [-0.2, 0) is 31.5 Å². The molecule has 0 aliphatic rings. The molecule has 0 spiro atoms. The third kappa shape index (κ3) is 8.78. The molecule has 0 aliphatic heterocycles. The van der Waals surface area contributed by atoms with Gasteiger partial charge < -0.3 is 4.74 Å². The van der Waals surface area contributed by atoms with Gasteiger partial charge in [-0.25, -0.2) is 0 Å². The Hall–Kier alpha value is -1.31. The number of nitrogens with zero attached hydrogens (tertiary/aromatic N) is 1. The minimum Gasteiger partial charge on any atom is -0.460 e. The maximum absolute atomic E-state index is 11.6. The lowest BCUT2D eigenvalue weighted by molar-refractivity contribution is -0.154. The first-order chi connectivity index (χ1) is 10.7. The van der Waals surface area contributed by atoms with E-state index in [1.54, 1.807) is 13.0 Å². The van der Waals surface area contributed by atoms with Gasteiger partial charge in [0.25, 0.3) is 0 Å². The number of hydrogen-bond acceptors (Lipinski definition) is 5. The van der Waals surface area contributed by atoms with Crippen molar-refractivity contribution in [3.63, 3.8) is 0 Å². The molecule has 0 amide bonds. The molecule has 0 radical (unpaired) electrons. The van der Waals surface area contributed by atoms with Gasteiger partial charge in [0.05, 0.1) is 5.69 Å². The van der Waals surface area contributed by atoms with Crippen LogP contribution in [0.3, 0.4) is 0 Å². The number of ether oxygens (including phenoxy) is 1. The quantitative estimate of drug-likeness (QED) is 0.442. The van der Waals surface area contributed by atoms with E-state index in [2.05, 4.69) is 4.98 Å².